The third-order valence-electron chi connectivity index (χ3n) is 12.0. The minimum absolute atomic E-state index is 0. The Hall–Kier alpha value is -4.88. The fraction of sp³-hybridized carbons (Fsp3) is 0.278. The third kappa shape index (κ3) is 8.27. The molecule has 0 spiro atoms. The molecule has 0 bridgehead atoms. The van der Waals surface area contributed by atoms with Crippen LogP contribution in [-0.2, 0) is 39.4 Å². The Labute approximate surface area is 376 Å². The Kier molecular flexibility index (Phi) is 12.3. The van der Waals surface area contributed by atoms with Crippen LogP contribution >= 0.6 is 0 Å². The van der Waals surface area contributed by atoms with Crippen molar-refractivity contribution in [2.45, 2.75) is 90.0 Å². The minimum Gasteiger partial charge on any atom is -0.486 e. The molecule has 0 N–H and O–H groups in total. The minimum atomic E-state index is -1.90. The molecule has 0 aliphatic heterocycles. The maximum absolute atomic E-state index is 6.50. The van der Waals surface area contributed by atoms with E-state index in [1.807, 2.05) is 24.3 Å². The Morgan fingerprint density at radius 2 is 1.56 bits per heavy atom. The number of nitrogens with zero attached hydrogens (tertiary/aromatic N) is 4. The van der Waals surface area contributed by atoms with Gasteiger partial charge in [0.15, 0.2) is 0 Å². The van der Waals surface area contributed by atoms with Gasteiger partial charge in [0, 0.05) is 42.5 Å². The van der Waals surface area contributed by atoms with Crippen LogP contribution in [0.2, 0.25) is 17.3 Å². The second-order valence-corrected chi connectivity index (χ2v) is 28.8. The summed E-state index contributed by atoms with van der Waals surface area (Å²) in [6.45, 7) is 11.1. The first-order valence-corrected chi connectivity index (χ1v) is 29.0. The quantitative estimate of drug-likeness (QED) is 0.118. The topological polar surface area (TPSA) is 56.7 Å². The van der Waals surface area contributed by atoms with Gasteiger partial charge in [-0.3, -0.25) is 4.98 Å². The zero-order chi connectivity index (χ0) is 41.7. The summed E-state index contributed by atoms with van der Waals surface area (Å²) in [5.41, 5.74) is 14.4. The van der Waals surface area contributed by atoms with Crippen molar-refractivity contribution in [3.63, 3.8) is 0 Å². The van der Waals surface area contributed by atoms with Crippen LogP contribution in [0, 0.1) is 25.0 Å². The van der Waals surface area contributed by atoms with E-state index in [-0.39, 0.29) is 26.1 Å². The monoisotopic (exact) mass is 1040 g/mol. The van der Waals surface area contributed by atoms with Gasteiger partial charge in [0.25, 0.3) is 0 Å². The van der Waals surface area contributed by atoms with Crippen molar-refractivity contribution in [1.82, 2.24) is 19.5 Å². The van der Waals surface area contributed by atoms with Gasteiger partial charge >= 0.3 is 150 Å². The van der Waals surface area contributed by atoms with E-state index in [2.05, 4.69) is 154 Å². The van der Waals surface area contributed by atoms with Gasteiger partial charge in [0.05, 0.1) is 28.1 Å². The summed E-state index contributed by atoms with van der Waals surface area (Å²) in [4.78, 5) is 14.9. The molecule has 0 fully saturated rings. The molecule has 0 amide bonds. The Bertz CT molecular complexity index is 3030. The van der Waals surface area contributed by atoms with Gasteiger partial charge in [-0.2, -0.15) is 0 Å². The zero-order valence-corrected chi connectivity index (χ0v) is 41.1. The molecule has 0 saturated carbocycles. The SMILES string of the molecule is CC(C)Cc1cc(-c2[c-]ccc3c2CCCC3)nc[c]1[Ge]([CH3])([CH3])[CH3].Cc1c[c-]c(-c2nc3ccc4ccccc4c3n2C(C)C)c2oc3nc(-c4ccccc4)ccc3c12.[Ir]. The van der Waals surface area contributed by atoms with Gasteiger partial charge in [0.1, 0.15) is 0 Å². The van der Waals surface area contributed by atoms with Crippen LogP contribution in [0.1, 0.15) is 68.8 Å². The van der Waals surface area contributed by atoms with Gasteiger partial charge in [-0.05, 0) is 37.4 Å². The van der Waals surface area contributed by atoms with E-state index < -0.39 is 13.3 Å². The Balaban J connectivity index is 0.000000180. The molecule has 1 aliphatic carbocycles. The van der Waals surface area contributed by atoms with Crippen LogP contribution in [0.3, 0.4) is 0 Å². The van der Waals surface area contributed by atoms with Crippen molar-refractivity contribution in [3.05, 3.63) is 144 Å². The molecule has 5 nitrogen and oxygen atoms in total. The smallest absolute Gasteiger partial charge is 0.216 e. The van der Waals surface area contributed by atoms with Crippen molar-refractivity contribution in [1.29, 1.82) is 0 Å². The molecule has 0 unspecified atom stereocenters. The standard InChI is InChI=1S/C32H24N3O.C22H30GeN.Ir/c1-19(2)35-29-23-12-8-7-9-21(23)14-17-27(29)33-31(35)25-15-13-20(3)28-24-16-18-26(22-10-5-4-6-11-22)34-32(24)36-30(25)28;1-16(2)13-18-14-22(24-15-21(18)23(3,4)5)20-12-8-10-17-9-6-7-11-19(17)20;/h4-14,16-19H,1-3H3;8,10,14-16H,6-7,9,11,13H2,1-5H3;/q2*-1;. The van der Waals surface area contributed by atoms with Gasteiger partial charge in [0.2, 0.25) is 5.71 Å². The number of fused-ring (bicyclic) bond motifs is 7. The fourth-order valence-corrected chi connectivity index (χ4v) is 12.5. The second-order valence-electron chi connectivity index (χ2n) is 18.3. The van der Waals surface area contributed by atoms with Gasteiger partial charge in [-0.15, -0.1) is 17.7 Å². The number of hydrogen-bond acceptors (Lipinski definition) is 4. The first kappa shape index (κ1) is 42.8. The third-order valence-corrected chi connectivity index (χ3v) is 16.3. The summed E-state index contributed by atoms with van der Waals surface area (Å²) < 4.78 is 10.4. The number of rotatable bonds is 7. The van der Waals surface area contributed by atoms with Crippen LogP contribution in [0.5, 0.6) is 0 Å². The first-order chi connectivity index (χ1) is 29.0. The molecule has 1 aliphatic rings. The van der Waals surface area contributed by atoms with E-state index in [0.717, 1.165) is 67.7 Å². The Morgan fingerprint density at radius 1 is 0.787 bits per heavy atom. The molecule has 0 atom stereocenters. The van der Waals surface area contributed by atoms with Gasteiger partial charge < -0.3 is 8.98 Å². The van der Waals surface area contributed by atoms with Crippen molar-refractivity contribution < 1.29 is 24.5 Å². The normalized spacial score (nSPS) is 12.9. The molecular weight excluding hydrogens is 985 g/mol. The summed E-state index contributed by atoms with van der Waals surface area (Å²) in [5, 5.41) is 4.48. The predicted molar refractivity (Wildman–Crippen MR) is 254 cm³/mol. The molecular formula is C54H54GeIrN4O-2. The first-order valence-electron chi connectivity index (χ1n) is 21.7. The number of pyridine rings is 2. The average molecular weight is 1040 g/mol. The molecule has 7 heteroatoms. The van der Waals surface area contributed by atoms with E-state index in [4.69, 9.17) is 19.4 Å². The van der Waals surface area contributed by atoms with Crippen molar-refractivity contribution in [3.8, 4) is 33.9 Å². The summed E-state index contributed by atoms with van der Waals surface area (Å²) in [5.74, 6) is 8.95. The number of benzene rings is 5. The van der Waals surface area contributed by atoms with Crippen LogP contribution in [0.25, 0.3) is 77.8 Å². The summed E-state index contributed by atoms with van der Waals surface area (Å²) >= 11 is -1.90. The van der Waals surface area contributed by atoms with Crippen LogP contribution in [0.15, 0.2) is 114 Å². The zero-order valence-electron chi connectivity index (χ0n) is 36.6. The average Bonchev–Trinajstić information content (AvgIpc) is 3.84. The summed E-state index contributed by atoms with van der Waals surface area (Å²) in [7, 11) is 0. The summed E-state index contributed by atoms with van der Waals surface area (Å²) in [6.07, 6.45) is 8.37. The largest absolute Gasteiger partial charge is 0.486 e. The molecule has 1 radical (unpaired) electrons. The van der Waals surface area contributed by atoms with Gasteiger partial charge in [-0.25, -0.2) is 4.98 Å². The van der Waals surface area contributed by atoms with E-state index in [1.54, 1.807) is 4.40 Å². The maximum Gasteiger partial charge on any atom is 0.216 e. The molecule has 10 rings (SSSR count). The number of aryl methyl sites for hydroxylation is 2. The molecule has 0 saturated heterocycles. The van der Waals surface area contributed by atoms with Crippen LogP contribution in [0.4, 0.5) is 0 Å². The molecule has 4 aromatic heterocycles. The van der Waals surface area contributed by atoms with Crippen molar-refractivity contribution >= 4 is 61.5 Å². The van der Waals surface area contributed by atoms with E-state index >= 15 is 0 Å². The maximum atomic E-state index is 6.50. The predicted octanol–water partition coefficient (Wildman–Crippen LogP) is 13.7. The van der Waals surface area contributed by atoms with E-state index in [1.165, 1.54) is 58.7 Å². The number of furan rings is 1. The fourth-order valence-electron chi connectivity index (χ4n) is 9.20. The Morgan fingerprint density at radius 3 is 2.33 bits per heavy atom. The molecule has 61 heavy (non-hydrogen) atoms. The molecule has 4 heterocycles. The molecule has 311 valence electrons. The number of imidazole rings is 1. The van der Waals surface area contributed by atoms with Gasteiger partial charge in [-0.1, -0.05) is 78.5 Å². The van der Waals surface area contributed by atoms with Crippen LogP contribution in [-0.4, -0.2) is 32.8 Å². The molecule has 5 aromatic carbocycles. The van der Waals surface area contributed by atoms with E-state index in [0.29, 0.717) is 11.6 Å². The van der Waals surface area contributed by atoms with Crippen molar-refractivity contribution in [2.24, 2.45) is 5.92 Å². The summed E-state index contributed by atoms with van der Waals surface area (Å²) in [6, 6.07) is 43.1. The van der Waals surface area contributed by atoms with E-state index in [9.17, 15) is 0 Å². The van der Waals surface area contributed by atoms with Crippen LogP contribution < -0.4 is 4.40 Å². The number of aromatic nitrogens is 4. The number of hydrogen-bond donors (Lipinski definition) is 0. The molecule has 9 aromatic rings. The van der Waals surface area contributed by atoms with Crippen molar-refractivity contribution in [2.75, 3.05) is 0 Å². The second kappa shape index (κ2) is 17.5.